The van der Waals surface area contributed by atoms with E-state index in [1.165, 1.54) is 0 Å². The fraction of sp³-hybridized carbons (Fsp3) is 0.111. The minimum atomic E-state index is -0.699. The number of amides is 2. The van der Waals surface area contributed by atoms with Crippen LogP contribution in [0, 0.1) is 0 Å². The van der Waals surface area contributed by atoms with Crippen molar-refractivity contribution in [1.82, 2.24) is 15.1 Å². The van der Waals surface area contributed by atoms with Gasteiger partial charge in [-0.3, -0.25) is 19.1 Å². The Morgan fingerprint density at radius 2 is 1.78 bits per heavy atom. The molecule has 1 atom stereocenters. The maximum Gasteiger partial charge on any atom is 0.439 e. The third-order valence-corrected chi connectivity index (χ3v) is 6.50. The highest BCUT2D eigenvalue weighted by Crippen LogP contribution is 2.30. The number of halogens is 1. The number of nitrogens with one attached hydrogen (secondary N) is 4. The molecule has 186 valence electrons. The van der Waals surface area contributed by atoms with Crippen molar-refractivity contribution in [3.63, 3.8) is 0 Å². The Balaban J connectivity index is 1.41. The summed E-state index contributed by atoms with van der Waals surface area (Å²) in [4.78, 5) is 43.4. The van der Waals surface area contributed by atoms with Crippen LogP contribution in [0.5, 0.6) is 0 Å². The highest BCUT2D eigenvalue weighted by Gasteiger charge is 2.21. The molecule has 0 aliphatic carbocycles. The van der Waals surface area contributed by atoms with Crippen LogP contribution >= 0.6 is 15.9 Å². The number of aromatic nitrogens is 3. The van der Waals surface area contributed by atoms with E-state index in [1.807, 2.05) is 49.4 Å². The predicted octanol–water partition coefficient (Wildman–Crippen LogP) is 5.66. The predicted molar refractivity (Wildman–Crippen MR) is 145 cm³/mol. The molecule has 0 spiro atoms. The van der Waals surface area contributed by atoms with Crippen molar-refractivity contribution in [3.05, 3.63) is 99.1 Å². The molecule has 0 saturated carbocycles. The Morgan fingerprint density at radius 3 is 2.51 bits per heavy atom. The van der Waals surface area contributed by atoms with Gasteiger partial charge in [-0.05, 0) is 42.3 Å². The lowest BCUT2D eigenvalue weighted by molar-refractivity contribution is -0.117. The van der Waals surface area contributed by atoms with Crippen molar-refractivity contribution in [3.8, 4) is 11.4 Å². The monoisotopic (exact) mass is 559 g/mol. The van der Waals surface area contributed by atoms with E-state index in [2.05, 4.69) is 46.2 Å². The molecular formula is C27H22BrN5O4. The second kappa shape index (κ2) is 10.3. The number of fused-ring (bicyclic) bond motifs is 1. The topological polar surface area (TPSA) is 133 Å². The number of anilines is 2. The third kappa shape index (κ3) is 5.10. The van der Waals surface area contributed by atoms with E-state index >= 15 is 0 Å². The zero-order valence-corrected chi connectivity index (χ0v) is 21.3. The SMILES string of the molecule is CCC(C(=O)Nc1cccc2cc(C(=O)Nc3ccc(Br)cc3-c3noc(=O)[nH]3)[nH]c12)c1ccccc1. The van der Waals surface area contributed by atoms with Crippen molar-refractivity contribution in [2.45, 2.75) is 19.3 Å². The first-order valence-corrected chi connectivity index (χ1v) is 12.4. The van der Waals surface area contributed by atoms with Gasteiger partial charge in [-0.1, -0.05) is 70.5 Å². The standard InChI is InChI=1S/C27H22BrN5O4/c1-2-18(15-7-4-3-5-8-15)25(34)31-21-10-6-9-16-13-22(29-23(16)21)26(35)30-20-12-11-17(28)14-19(20)24-32-27(36)37-33-24/h3-14,18,29H,2H2,1H3,(H,30,35)(H,31,34)(H,32,33,36). The van der Waals surface area contributed by atoms with Crippen molar-refractivity contribution in [2.75, 3.05) is 10.6 Å². The number of aromatic amines is 2. The molecule has 2 amide bonds. The van der Waals surface area contributed by atoms with Crippen LogP contribution in [0.4, 0.5) is 11.4 Å². The van der Waals surface area contributed by atoms with Crippen LogP contribution in [-0.2, 0) is 4.79 Å². The first kappa shape index (κ1) is 24.3. The minimum Gasteiger partial charge on any atom is -0.349 e. The second-order valence-corrected chi connectivity index (χ2v) is 9.32. The molecule has 10 heteroatoms. The zero-order valence-electron chi connectivity index (χ0n) is 19.7. The Bertz CT molecular complexity index is 1650. The minimum absolute atomic E-state index is 0.122. The van der Waals surface area contributed by atoms with E-state index in [-0.39, 0.29) is 17.6 Å². The quantitative estimate of drug-likeness (QED) is 0.204. The largest absolute Gasteiger partial charge is 0.439 e. The summed E-state index contributed by atoms with van der Waals surface area (Å²) < 4.78 is 5.34. The lowest BCUT2D eigenvalue weighted by Gasteiger charge is -2.16. The van der Waals surface area contributed by atoms with Gasteiger partial charge in [0.2, 0.25) is 5.91 Å². The molecule has 0 bridgehead atoms. The Kier molecular flexibility index (Phi) is 6.74. The molecular weight excluding hydrogens is 538 g/mol. The number of hydrogen-bond donors (Lipinski definition) is 4. The fourth-order valence-electron chi connectivity index (χ4n) is 4.22. The van der Waals surface area contributed by atoms with E-state index < -0.39 is 11.7 Å². The van der Waals surface area contributed by atoms with Crippen molar-refractivity contribution >= 4 is 50.0 Å². The lowest BCUT2D eigenvalue weighted by atomic mass is 9.95. The molecule has 4 N–H and O–H groups in total. The number of para-hydroxylation sites is 1. The second-order valence-electron chi connectivity index (χ2n) is 8.40. The molecule has 2 heterocycles. The van der Waals surface area contributed by atoms with Gasteiger partial charge in [-0.15, -0.1) is 0 Å². The summed E-state index contributed by atoms with van der Waals surface area (Å²) in [7, 11) is 0. The summed E-state index contributed by atoms with van der Waals surface area (Å²) in [6, 6.07) is 22.0. The van der Waals surface area contributed by atoms with E-state index in [1.54, 1.807) is 30.3 Å². The van der Waals surface area contributed by atoms with Gasteiger partial charge in [-0.25, -0.2) is 4.79 Å². The number of carbonyl (C=O) groups excluding carboxylic acids is 2. The maximum absolute atomic E-state index is 13.2. The molecule has 0 fully saturated rings. The summed E-state index contributed by atoms with van der Waals surface area (Å²) in [5, 5.41) is 10.4. The van der Waals surface area contributed by atoms with Gasteiger partial charge < -0.3 is 15.6 Å². The molecule has 5 aromatic rings. The number of carbonyl (C=O) groups is 2. The van der Waals surface area contributed by atoms with Crippen molar-refractivity contribution in [1.29, 1.82) is 0 Å². The van der Waals surface area contributed by atoms with E-state index in [0.717, 1.165) is 15.4 Å². The van der Waals surface area contributed by atoms with Crippen LogP contribution < -0.4 is 16.4 Å². The summed E-state index contributed by atoms with van der Waals surface area (Å²) in [6.45, 7) is 1.97. The van der Waals surface area contributed by atoms with Gasteiger partial charge in [-0.2, -0.15) is 0 Å². The first-order chi connectivity index (χ1) is 17.9. The van der Waals surface area contributed by atoms with Gasteiger partial charge in [0.25, 0.3) is 5.91 Å². The molecule has 0 saturated heterocycles. The van der Waals surface area contributed by atoms with Crippen LogP contribution in [0.2, 0.25) is 0 Å². The molecule has 0 aliphatic heterocycles. The third-order valence-electron chi connectivity index (χ3n) is 6.01. The smallest absolute Gasteiger partial charge is 0.349 e. The highest BCUT2D eigenvalue weighted by atomic mass is 79.9. The first-order valence-electron chi connectivity index (χ1n) is 11.6. The van der Waals surface area contributed by atoms with E-state index in [0.29, 0.717) is 34.6 Å². The van der Waals surface area contributed by atoms with Gasteiger partial charge in [0, 0.05) is 15.4 Å². The van der Waals surface area contributed by atoms with Crippen LogP contribution in [0.25, 0.3) is 22.3 Å². The number of rotatable bonds is 7. The lowest BCUT2D eigenvalue weighted by Crippen LogP contribution is -2.20. The Labute approximate surface area is 219 Å². The van der Waals surface area contributed by atoms with Crippen molar-refractivity contribution in [2.24, 2.45) is 0 Å². The summed E-state index contributed by atoms with van der Waals surface area (Å²) in [6.07, 6.45) is 0.649. The number of hydrogen-bond acceptors (Lipinski definition) is 5. The maximum atomic E-state index is 13.2. The Hall–Kier alpha value is -4.44. The summed E-state index contributed by atoms with van der Waals surface area (Å²) >= 11 is 3.39. The van der Waals surface area contributed by atoms with Gasteiger partial charge >= 0.3 is 5.76 Å². The molecule has 0 aliphatic rings. The number of benzene rings is 3. The van der Waals surface area contributed by atoms with Crippen molar-refractivity contribution < 1.29 is 14.1 Å². The molecule has 1 unspecified atom stereocenters. The molecule has 5 rings (SSSR count). The van der Waals surface area contributed by atoms with Crippen LogP contribution in [0.1, 0.15) is 35.3 Å². The van der Waals surface area contributed by atoms with E-state index in [9.17, 15) is 14.4 Å². The van der Waals surface area contributed by atoms with E-state index in [4.69, 9.17) is 0 Å². The van der Waals surface area contributed by atoms with Gasteiger partial charge in [0.1, 0.15) is 5.69 Å². The number of nitrogens with zero attached hydrogens (tertiary/aromatic N) is 1. The average molecular weight is 560 g/mol. The summed E-state index contributed by atoms with van der Waals surface area (Å²) in [5.74, 6) is -1.34. The highest BCUT2D eigenvalue weighted by molar-refractivity contribution is 9.10. The van der Waals surface area contributed by atoms with Gasteiger partial charge in [0.05, 0.1) is 22.8 Å². The zero-order chi connectivity index (χ0) is 25.9. The van der Waals surface area contributed by atoms with Crippen LogP contribution in [0.3, 0.4) is 0 Å². The fourth-order valence-corrected chi connectivity index (χ4v) is 4.58. The molecule has 0 radical (unpaired) electrons. The molecule has 9 nitrogen and oxygen atoms in total. The number of H-pyrrole nitrogens is 2. The summed E-state index contributed by atoms with van der Waals surface area (Å²) in [5.41, 5.74) is 3.37. The Morgan fingerprint density at radius 1 is 0.973 bits per heavy atom. The molecule has 2 aromatic heterocycles. The molecule has 37 heavy (non-hydrogen) atoms. The van der Waals surface area contributed by atoms with Crippen LogP contribution in [0.15, 0.2) is 86.6 Å². The van der Waals surface area contributed by atoms with Crippen LogP contribution in [-0.4, -0.2) is 26.9 Å². The normalized spacial score (nSPS) is 11.8. The average Bonchev–Trinajstić information content (AvgIpc) is 3.53. The van der Waals surface area contributed by atoms with Gasteiger partial charge in [0.15, 0.2) is 5.82 Å². The molecule has 3 aromatic carbocycles.